The molecule has 2 aromatic carbocycles. The molecule has 0 aliphatic heterocycles. The first-order valence-electron chi connectivity index (χ1n) is 10.1. The third-order valence-corrected chi connectivity index (χ3v) is 6.31. The van der Waals surface area contributed by atoms with Gasteiger partial charge in [-0.1, -0.05) is 19.1 Å². The molecule has 0 saturated heterocycles. The molecule has 0 aromatic heterocycles. The number of carbonyl (C=O) groups excluding carboxylic acids is 1. The molecule has 1 N–H and O–H groups in total. The highest BCUT2D eigenvalue weighted by Crippen LogP contribution is 2.27. The van der Waals surface area contributed by atoms with Crippen molar-refractivity contribution in [1.29, 1.82) is 0 Å². The first kappa shape index (κ1) is 22.1. The van der Waals surface area contributed by atoms with E-state index >= 15 is 0 Å². The molecule has 1 amide bonds. The average molecular weight is 435 g/mol. The van der Waals surface area contributed by atoms with Gasteiger partial charge >= 0.3 is 0 Å². The lowest BCUT2D eigenvalue weighted by molar-refractivity contribution is -0.117. The van der Waals surface area contributed by atoms with Crippen LogP contribution in [0.1, 0.15) is 39.0 Å². The van der Waals surface area contributed by atoms with Crippen molar-refractivity contribution in [3.05, 3.63) is 54.3 Å². The number of hydrogen-bond donors (Lipinski definition) is 1. The number of hydrogen-bond acceptors (Lipinski definition) is 4. The minimum atomic E-state index is -3.90. The maximum Gasteiger partial charge on any atom is 0.248 e. The van der Waals surface area contributed by atoms with Gasteiger partial charge in [0, 0.05) is 5.69 Å². The Kier molecular flexibility index (Phi) is 6.97. The van der Waals surface area contributed by atoms with Gasteiger partial charge in [-0.05, 0) is 68.5 Å². The van der Waals surface area contributed by atoms with Crippen LogP contribution in [0.25, 0.3) is 0 Å². The number of benzene rings is 2. The second-order valence-electron chi connectivity index (χ2n) is 7.47. The number of nitrogens with zero attached hydrogens (tertiary/aromatic N) is 1. The van der Waals surface area contributed by atoms with Crippen LogP contribution in [0.2, 0.25) is 0 Å². The largest absolute Gasteiger partial charge is 0.490 e. The smallest absolute Gasteiger partial charge is 0.248 e. The van der Waals surface area contributed by atoms with E-state index in [4.69, 9.17) is 4.74 Å². The van der Waals surface area contributed by atoms with Crippen LogP contribution < -0.4 is 14.4 Å². The number of halogens is 1. The maximum atomic E-state index is 14.3. The highest BCUT2D eigenvalue weighted by Gasteiger charge is 2.33. The molecule has 6 nitrogen and oxygen atoms in total. The molecular weight excluding hydrogens is 407 g/mol. The first-order chi connectivity index (χ1) is 14.3. The average Bonchev–Trinajstić information content (AvgIpc) is 3.20. The Balaban J connectivity index is 1.76. The third kappa shape index (κ3) is 5.30. The first-order valence-corrected chi connectivity index (χ1v) is 12.0. The summed E-state index contributed by atoms with van der Waals surface area (Å²) in [6, 6.07) is 11.4. The maximum absolute atomic E-state index is 14.3. The van der Waals surface area contributed by atoms with Crippen molar-refractivity contribution < 1.29 is 22.3 Å². The van der Waals surface area contributed by atoms with Gasteiger partial charge in [-0.15, -0.1) is 0 Å². The topological polar surface area (TPSA) is 75.7 Å². The molecule has 0 spiro atoms. The van der Waals surface area contributed by atoms with Crippen molar-refractivity contribution in [1.82, 2.24) is 0 Å². The minimum absolute atomic E-state index is 0.151. The molecule has 0 radical (unpaired) electrons. The molecule has 1 aliphatic carbocycles. The zero-order valence-electron chi connectivity index (χ0n) is 17.2. The normalized spacial score (nSPS) is 15.6. The van der Waals surface area contributed by atoms with Gasteiger partial charge in [0.15, 0.2) is 0 Å². The number of para-hydroxylation sites is 1. The van der Waals surface area contributed by atoms with E-state index in [0.29, 0.717) is 5.69 Å². The fourth-order valence-electron chi connectivity index (χ4n) is 3.71. The Hall–Kier alpha value is -2.61. The lowest BCUT2D eigenvalue weighted by atomic mass is 10.1. The Morgan fingerprint density at radius 3 is 2.37 bits per heavy atom. The van der Waals surface area contributed by atoms with Crippen molar-refractivity contribution in [3.63, 3.8) is 0 Å². The van der Waals surface area contributed by atoms with Crippen molar-refractivity contribution in [3.8, 4) is 5.75 Å². The van der Waals surface area contributed by atoms with Crippen LogP contribution in [-0.2, 0) is 14.8 Å². The molecule has 1 saturated carbocycles. The van der Waals surface area contributed by atoms with Crippen molar-refractivity contribution in [2.24, 2.45) is 0 Å². The number of ether oxygens (including phenoxy) is 1. The quantitative estimate of drug-likeness (QED) is 0.671. The molecule has 1 unspecified atom stereocenters. The Bertz CT molecular complexity index is 973. The fraction of sp³-hybridized carbons (Fsp3) is 0.409. The van der Waals surface area contributed by atoms with Gasteiger partial charge in [0.25, 0.3) is 0 Å². The van der Waals surface area contributed by atoms with Gasteiger partial charge in [0.2, 0.25) is 15.9 Å². The molecule has 1 atom stereocenters. The molecule has 30 heavy (non-hydrogen) atoms. The summed E-state index contributed by atoms with van der Waals surface area (Å²) in [7, 11) is -3.90. The molecule has 162 valence electrons. The van der Waals surface area contributed by atoms with Gasteiger partial charge < -0.3 is 10.1 Å². The van der Waals surface area contributed by atoms with E-state index in [1.807, 2.05) is 0 Å². The number of anilines is 2. The molecule has 8 heteroatoms. The number of amides is 1. The van der Waals surface area contributed by atoms with Crippen LogP contribution in [0.4, 0.5) is 15.8 Å². The number of carbonyl (C=O) groups is 1. The Labute approximate surface area is 177 Å². The number of sulfonamides is 1. The fourth-order valence-corrected chi connectivity index (χ4v) is 4.92. The molecule has 3 rings (SSSR count). The lowest BCUT2D eigenvalue weighted by Gasteiger charge is -2.30. The van der Waals surface area contributed by atoms with Crippen LogP contribution in [0.5, 0.6) is 5.75 Å². The van der Waals surface area contributed by atoms with Gasteiger partial charge in [-0.25, -0.2) is 12.8 Å². The van der Waals surface area contributed by atoms with E-state index in [-0.39, 0.29) is 18.2 Å². The summed E-state index contributed by atoms with van der Waals surface area (Å²) in [6.45, 7) is 1.68. The minimum Gasteiger partial charge on any atom is -0.490 e. The van der Waals surface area contributed by atoms with E-state index in [1.165, 1.54) is 37.1 Å². The van der Waals surface area contributed by atoms with Crippen molar-refractivity contribution in [2.75, 3.05) is 15.9 Å². The Morgan fingerprint density at radius 2 is 1.80 bits per heavy atom. The summed E-state index contributed by atoms with van der Waals surface area (Å²) in [6.07, 6.45) is 5.83. The predicted octanol–water partition coefficient (Wildman–Crippen LogP) is 4.33. The second-order valence-corrected chi connectivity index (χ2v) is 9.33. The monoisotopic (exact) mass is 434 g/mol. The zero-order valence-corrected chi connectivity index (χ0v) is 18.0. The highest BCUT2D eigenvalue weighted by molar-refractivity contribution is 7.92. The van der Waals surface area contributed by atoms with E-state index in [0.717, 1.165) is 29.2 Å². The molecule has 0 bridgehead atoms. The van der Waals surface area contributed by atoms with Crippen molar-refractivity contribution >= 4 is 27.3 Å². The molecule has 1 aliphatic rings. The number of nitrogens with one attached hydrogen (secondary N) is 1. The summed E-state index contributed by atoms with van der Waals surface area (Å²) in [4.78, 5) is 12.9. The van der Waals surface area contributed by atoms with Gasteiger partial charge in [0.1, 0.15) is 17.6 Å². The molecule has 2 aromatic rings. The van der Waals surface area contributed by atoms with Crippen LogP contribution in [0.3, 0.4) is 0 Å². The molecular formula is C22H27FN2O4S. The SMILES string of the molecule is CCC(C(=O)Nc1ccc(OC2CCCC2)cc1)N(c1ccccc1F)S(C)(=O)=O. The third-order valence-electron chi connectivity index (χ3n) is 5.15. The van der Waals surface area contributed by atoms with Crippen LogP contribution in [-0.4, -0.2) is 32.7 Å². The van der Waals surface area contributed by atoms with E-state index < -0.39 is 27.8 Å². The lowest BCUT2D eigenvalue weighted by Crippen LogP contribution is -2.47. The van der Waals surface area contributed by atoms with Gasteiger partial charge in [0.05, 0.1) is 18.0 Å². The van der Waals surface area contributed by atoms with Crippen LogP contribution in [0, 0.1) is 5.82 Å². The van der Waals surface area contributed by atoms with Gasteiger partial charge in [-0.2, -0.15) is 0 Å². The highest BCUT2D eigenvalue weighted by atomic mass is 32.2. The van der Waals surface area contributed by atoms with Crippen molar-refractivity contribution in [2.45, 2.75) is 51.2 Å². The van der Waals surface area contributed by atoms with Gasteiger partial charge in [-0.3, -0.25) is 9.10 Å². The summed E-state index contributed by atoms with van der Waals surface area (Å²) >= 11 is 0. The summed E-state index contributed by atoms with van der Waals surface area (Å²) in [5.41, 5.74) is 0.363. The van der Waals surface area contributed by atoms with Crippen LogP contribution >= 0.6 is 0 Å². The summed E-state index contributed by atoms with van der Waals surface area (Å²) in [5, 5.41) is 2.73. The Morgan fingerprint density at radius 1 is 1.17 bits per heavy atom. The second kappa shape index (κ2) is 9.47. The summed E-state index contributed by atoms with van der Waals surface area (Å²) < 4.78 is 45.9. The van der Waals surface area contributed by atoms with E-state index in [2.05, 4.69) is 5.32 Å². The predicted molar refractivity (Wildman–Crippen MR) is 116 cm³/mol. The summed E-state index contributed by atoms with van der Waals surface area (Å²) in [5.74, 6) is -0.505. The standard InChI is InChI=1S/C22H27FN2O4S/c1-3-20(25(30(2,27)28)21-11-7-6-10-19(21)23)22(26)24-16-12-14-18(15-13-16)29-17-8-4-5-9-17/h6-7,10-15,17,20H,3-5,8-9H2,1-2H3,(H,24,26). The molecule has 0 heterocycles. The van der Waals surface area contributed by atoms with Crippen LogP contribution in [0.15, 0.2) is 48.5 Å². The zero-order chi connectivity index (χ0) is 21.7. The van der Waals surface area contributed by atoms with E-state index in [1.54, 1.807) is 31.2 Å². The van der Waals surface area contributed by atoms with E-state index in [9.17, 15) is 17.6 Å². The number of rotatable bonds is 8. The molecule has 1 fully saturated rings.